The van der Waals surface area contributed by atoms with Crippen molar-refractivity contribution in [1.29, 1.82) is 0 Å². The van der Waals surface area contributed by atoms with Gasteiger partial charge in [0.2, 0.25) is 11.9 Å². The Hall–Kier alpha value is -3.50. The van der Waals surface area contributed by atoms with Gasteiger partial charge in [-0.3, -0.25) is 4.98 Å². The molecule has 0 amide bonds. The number of pyridine rings is 2. The lowest BCUT2D eigenvalue weighted by Crippen LogP contribution is -2.21. The van der Waals surface area contributed by atoms with E-state index in [1.807, 2.05) is 20.8 Å². The van der Waals surface area contributed by atoms with Gasteiger partial charge in [0.05, 0.1) is 0 Å². The Morgan fingerprint density at radius 3 is 2.37 bits per heavy atom. The fraction of sp³-hybridized carbons (Fsp3) is 0.316. The molecule has 3 rings (SSSR count). The molecule has 158 valence electrons. The molecule has 0 aliphatic rings. The molecule has 0 radical (unpaired) electrons. The Kier molecular flexibility index (Phi) is 5.72. The number of anilines is 4. The second kappa shape index (κ2) is 8.09. The van der Waals surface area contributed by atoms with Crippen LogP contribution in [0, 0.1) is 5.41 Å². The lowest BCUT2D eigenvalue weighted by Gasteiger charge is -2.19. The quantitative estimate of drug-likeness (QED) is 0.567. The third kappa shape index (κ3) is 5.75. The van der Waals surface area contributed by atoms with Gasteiger partial charge in [0, 0.05) is 18.4 Å². The van der Waals surface area contributed by atoms with E-state index in [1.54, 1.807) is 18.2 Å². The van der Waals surface area contributed by atoms with Gasteiger partial charge < -0.3 is 16.4 Å². The maximum Gasteiger partial charge on any atom is 0.433 e. The van der Waals surface area contributed by atoms with Crippen LogP contribution in [0.3, 0.4) is 0 Å². The Morgan fingerprint density at radius 2 is 1.70 bits per heavy atom. The first-order valence-electron chi connectivity index (χ1n) is 9.03. The summed E-state index contributed by atoms with van der Waals surface area (Å²) in [5.74, 6) is 0.823. The average molecular weight is 418 g/mol. The van der Waals surface area contributed by atoms with Crippen LogP contribution in [-0.2, 0) is 6.18 Å². The molecule has 0 spiro atoms. The first kappa shape index (κ1) is 21.2. The highest BCUT2D eigenvalue weighted by atomic mass is 19.4. The number of rotatable bonds is 5. The van der Waals surface area contributed by atoms with Crippen LogP contribution in [0.2, 0.25) is 0 Å². The van der Waals surface area contributed by atoms with Crippen molar-refractivity contribution < 1.29 is 13.2 Å². The number of alkyl halides is 3. The second-order valence-corrected chi connectivity index (χ2v) is 7.72. The Bertz CT molecular complexity index is 1030. The number of hydrogen-bond donors (Lipinski definition) is 3. The third-order valence-electron chi connectivity index (χ3n) is 3.72. The minimum Gasteiger partial charge on any atom is -0.384 e. The van der Waals surface area contributed by atoms with Gasteiger partial charge in [0.1, 0.15) is 17.2 Å². The maximum atomic E-state index is 12.9. The predicted octanol–water partition coefficient (Wildman–Crippen LogP) is 4.13. The molecule has 0 atom stereocenters. The maximum absolute atomic E-state index is 12.9. The number of nitrogen functional groups attached to an aromatic ring is 1. The van der Waals surface area contributed by atoms with E-state index in [0.29, 0.717) is 12.2 Å². The molecule has 0 aliphatic heterocycles. The number of halogens is 3. The van der Waals surface area contributed by atoms with Crippen LogP contribution in [0.4, 0.5) is 36.6 Å². The van der Waals surface area contributed by atoms with E-state index >= 15 is 0 Å². The van der Waals surface area contributed by atoms with E-state index in [9.17, 15) is 13.2 Å². The number of nitrogens with zero attached hydrogens (tertiary/aromatic N) is 5. The van der Waals surface area contributed by atoms with Gasteiger partial charge in [-0.2, -0.15) is 28.1 Å². The van der Waals surface area contributed by atoms with Crippen LogP contribution >= 0.6 is 0 Å². The van der Waals surface area contributed by atoms with Crippen molar-refractivity contribution in [3.8, 4) is 11.5 Å². The molecule has 0 saturated heterocycles. The van der Waals surface area contributed by atoms with E-state index in [2.05, 4.69) is 35.6 Å². The van der Waals surface area contributed by atoms with Gasteiger partial charge in [-0.15, -0.1) is 0 Å². The van der Waals surface area contributed by atoms with E-state index < -0.39 is 11.9 Å². The van der Waals surface area contributed by atoms with Gasteiger partial charge in [0.25, 0.3) is 0 Å². The molecule has 8 nitrogen and oxygen atoms in total. The number of nitrogens with one attached hydrogen (secondary N) is 2. The summed E-state index contributed by atoms with van der Waals surface area (Å²) in [5, 5.41) is 5.90. The highest BCUT2D eigenvalue weighted by molar-refractivity contribution is 5.59. The first-order chi connectivity index (χ1) is 14.0. The zero-order valence-corrected chi connectivity index (χ0v) is 16.6. The highest BCUT2D eigenvalue weighted by Gasteiger charge is 2.32. The summed E-state index contributed by atoms with van der Waals surface area (Å²) in [6.45, 7) is 6.68. The minimum absolute atomic E-state index is 0.0531. The number of aromatic nitrogens is 5. The molecule has 3 heterocycles. The lowest BCUT2D eigenvalue weighted by atomic mass is 9.97. The first-order valence-corrected chi connectivity index (χ1v) is 9.03. The summed E-state index contributed by atoms with van der Waals surface area (Å²) in [4.78, 5) is 20.5. The summed E-state index contributed by atoms with van der Waals surface area (Å²) in [6.07, 6.45) is -3.50. The van der Waals surface area contributed by atoms with Crippen LogP contribution in [0.15, 0.2) is 36.5 Å². The molecule has 0 fully saturated rings. The SMILES string of the molecule is CC(C)(C)CNc1nc(Nc2ccnc(C(F)(F)F)c2)nc(-c2cccc(N)n2)n1. The van der Waals surface area contributed by atoms with E-state index in [-0.39, 0.29) is 34.6 Å². The molecule has 0 aromatic carbocycles. The molecule has 3 aromatic heterocycles. The van der Waals surface area contributed by atoms with Gasteiger partial charge >= 0.3 is 6.18 Å². The zero-order chi connectivity index (χ0) is 21.9. The molecule has 0 bridgehead atoms. The van der Waals surface area contributed by atoms with Crippen molar-refractivity contribution in [3.05, 3.63) is 42.2 Å². The van der Waals surface area contributed by atoms with Crippen molar-refractivity contribution in [2.45, 2.75) is 26.9 Å². The molecule has 0 saturated carbocycles. The average Bonchev–Trinajstić information content (AvgIpc) is 2.65. The van der Waals surface area contributed by atoms with Crippen LogP contribution < -0.4 is 16.4 Å². The summed E-state index contributed by atoms with van der Waals surface area (Å²) >= 11 is 0. The fourth-order valence-electron chi connectivity index (χ4n) is 2.34. The lowest BCUT2D eigenvalue weighted by molar-refractivity contribution is -0.141. The van der Waals surface area contributed by atoms with E-state index in [0.717, 1.165) is 12.3 Å². The molecule has 3 aromatic rings. The molecule has 11 heteroatoms. The molecule has 30 heavy (non-hydrogen) atoms. The van der Waals surface area contributed by atoms with Gasteiger partial charge in [0.15, 0.2) is 5.82 Å². The zero-order valence-electron chi connectivity index (χ0n) is 16.6. The van der Waals surface area contributed by atoms with Gasteiger partial charge in [-0.25, -0.2) is 4.98 Å². The van der Waals surface area contributed by atoms with Crippen molar-refractivity contribution in [2.24, 2.45) is 5.41 Å². The molecule has 4 N–H and O–H groups in total. The molecular formula is C19H21F3N8. The van der Waals surface area contributed by atoms with Gasteiger partial charge in [-0.1, -0.05) is 26.8 Å². The molecule has 0 unspecified atom stereocenters. The predicted molar refractivity (Wildman–Crippen MR) is 108 cm³/mol. The van der Waals surface area contributed by atoms with Crippen LogP contribution in [-0.4, -0.2) is 31.5 Å². The monoisotopic (exact) mass is 418 g/mol. The standard InChI is InChI=1S/C19H21F3N8/c1-18(2,3)10-25-16-28-15(12-5-4-6-14(23)27-12)29-17(30-16)26-11-7-8-24-13(9-11)19(20,21)22/h4-9H,10H2,1-3H3,(H2,23,27)(H2,24,25,26,28,29,30). The molecule has 0 aliphatic carbocycles. The van der Waals surface area contributed by atoms with Crippen LogP contribution in [0.25, 0.3) is 11.5 Å². The minimum atomic E-state index is -4.56. The normalized spacial score (nSPS) is 11.9. The summed E-state index contributed by atoms with van der Waals surface area (Å²) < 4.78 is 38.8. The van der Waals surface area contributed by atoms with Gasteiger partial charge in [-0.05, 0) is 29.7 Å². The third-order valence-corrected chi connectivity index (χ3v) is 3.72. The van der Waals surface area contributed by atoms with Crippen molar-refractivity contribution in [2.75, 3.05) is 22.9 Å². The van der Waals surface area contributed by atoms with Crippen LogP contribution in [0.1, 0.15) is 26.5 Å². The molecular weight excluding hydrogens is 397 g/mol. The number of nitrogens with two attached hydrogens (primary N) is 1. The Labute approximate surface area is 171 Å². The summed E-state index contributed by atoms with van der Waals surface area (Å²) in [6, 6.07) is 7.27. The fourth-order valence-corrected chi connectivity index (χ4v) is 2.34. The van der Waals surface area contributed by atoms with Crippen molar-refractivity contribution in [3.63, 3.8) is 0 Å². The Morgan fingerprint density at radius 1 is 0.967 bits per heavy atom. The smallest absolute Gasteiger partial charge is 0.384 e. The largest absolute Gasteiger partial charge is 0.433 e. The summed E-state index contributed by atoms with van der Waals surface area (Å²) in [5.41, 5.74) is 5.21. The number of hydrogen-bond acceptors (Lipinski definition) is 8. The van der Waals surface area contributed by atoms with Crippen LogP contribution in [0.5, 0.6) is 0 Å². The van der Waals surface area contributed by atoms with Crippen molar-refractivity contribution >= 4 is 23.4 Å². The van der Waals surface area contributed by atoms with E-state index in [4.69, 9.17) is 5.73 Å². The highest BCUT2D eigenvalue weighted by Crippen LogP contribution is 2.29. The van der Waals surface area contributed by atoms with E-state index in [1.165, 1.54) is 6.07 Å². The second-order valence-electron chi connectivity index (χ2n) is 7.72. The summed E-state index contributed by atoms with van der Waals surface area (Å²) in [7, 11) is 0. The topological polar surface area (TPSA) is 115 Å². The Balaban J connectivity index is 1.97. The van der Waals surface area contributed by atoms with Crippen molar-refractivity contribution in [1.82, 2.24) is 24.9 Å².